The summed E-state index contributed by atoms with van der Waals surface area (Å²) in [6, 6.07) is 65.3. The van der Waals surface area contributed by atoms with Gasteiger partial charge in [0.05, 0.1) is 0 Å². The Morgan fingerprint density at radius 2 is 0.630 bits per heavy atom. The van der Waals surface area contributed by atoms with Crippen LogP contribution >= 0.6 is 14.1 Å². The number of rotatable bonds is 10. The molecular weight excluding hydrogens is 791 g/mol. The molecule has 0 aromatic heterocycles. The van der Waals surface area contributed by atoms with Crippen LogP contribution in [0.1, 0.15) is 11.1 Å². The van der Waals surface area contributed by atoms with Gasteiger partial charge in [0.15, 0.2) is 0 Å². The quantitative estimate of drug-likeness (QED) is 0.102. The summed E-state index contributed by atoms with van der Waals surface area (Å²) in [4.78, 5) is 0. The second kappa shape index (κ2) is 16.0. The van der Waals surface area contributed by atoms with Crippen molar-refractivity contribution in [2.75, 3.05) is 0 Å². The summed E-state index contributed by atoms with van der Waals surface area (Å²) in [5, 5.41) is 4.88. The fraction of sp³-hybridized carbons (Fsp3) is 0.133. The van der Waals surface area contributed by atoms with Crippen LogP contribution in [0.25, 0.3) is 11.5 Å². The summed E-state index contributed by atoms with van der Waals surface area (Å²) in [6.45, 7) is 14.2. The van der Waals surface area contributed by atoms with Gasteiger partial charge in [-0.2, -0.15) is 0 Å². The molecule has 6 aromatic rings. The number of benzene rings is 6. The molecule has 0 spiro atoms. The third-order valence-corrected chi connectivity index (χ3v) is 31.6. The van der Waals surface area contributed by atoms with E-state index in [9.17, 15) is 0 Å². The average Bonchev–Trinajstić information content (AvgIpc) is 3.63. The zero-order chi connectivity index (χ0) is 37.8. The molecule has 0 saturated heterocycles. The monoisotopic (exact) mass is 840 g/mol. The van der Waals surface area contributed by atoms with Crippen molar-refractivity contribution in [2.24, 2.45) is 8.82 Å². The fourth-order valence-corrected chi connectivity index (χ4v) is 36.7. The molecule has 0 saturated carbocycles. The molecule has 9 heteroatoms. The molecule has 272 valence electrons. The maximum absolute atomic E-state index is 7.66. The van der Waals surface area contributed by atoms with Gasteiger partial charge in [0.1, 0.15) is 0 Å². The van der Waals surface area contributed by atoms with E-state index in [1.165, 1.54) is 25.1 Å². The van der Waals surface area contributed by atoms with E-state index in [1.54, 1.807) is 0 Å². The molecule has 0 N–H and O–H groups in total. The number of hydrogen-bond donors (Lipinski definition) is 0. The maximum atomic E-state index is 7.66. The van der Waals surface area contributed by atoms with Crippen LogP contribution in [0, 0.1) is 0 Å². The van der Waals surface area contributed by atoms with Crippen LogP contribution in [-0.4, -0.2) is 34.9 Å². The molecule has 0 bridgehead atoms. The van der Waals surface area contributed by atoms with Crippen LogP contribution in [0.15, 0.2) is 191 Å². The van der Waals surface area contributed by atoms with Gasteiger partial charge in [-0.15, -0.1) is 0 Å². The van der Waals surface area contributed by atoms with E-state index < -0.39 is 45.2 Å². The molecule has 0 amide bonds. The summed E-state index contributed by atoms with van der Waals surface area (Å²) in [6.07, 6.45) is 0. The third kappa shape index (κ3) is 7.87. The topological polar surface area (TPSA) is 43.2 Å². The van der Waals surface area contributed by atoms with E-state index in [-0.39, 0.29) is 0 Å². The minimum atomic E-state index is -3.39. The summed E-state index contributed by atoms with van der Waals surface area (Å²) in [5.74, 6) is 1.60. The van der Waals surface area contributed by atoms with E-state index in [0.717, 1.165) is 22.6 Å². The molecule has 1 heterocycles. The van der Waals surface area contributed by atoms with Crippen molar-refractivity contribution in [3.05, 3.63) is 193 Å². The first-order chi connectivity index (χ1) is 26.0. The van der Waals surface area contributed by atoms with Crippen LogP contribution in [-0.2, 0) is 7.53 Å². The SMILES string of the molecule is C[Si](C)(C)N=P([C](=[Ge]1[O]C(c2ccccc2)=C(c2ccccc2)[O]1)P(=N[Si](C)(C)C)(c1ccccc1)c1ccccc1)(c1ccccc1)c1ccccc1. The first-order valence-electron chi connectivity index (χ1n) is 18.5. The molecule has 54 heavy (non-hydrogen) atoms. The Balaban J connectivity index is 1.78. The molecule has 0 atom stereocenters. The van der Waals surface area contributed by atoms with Crippen LogP contribution in [0.2, 0.25) is 39.3 Å². The normalized spacial score (nSPS) is 13.6. The van der Waals surface area contributed by atoms with Gasteiger partial charge in [0, 0.05) is 0 Å². The van der Waals surface area contributed by atoms with Gasteiger partial charge in [-0.05, 0) is 0 Å². The summed E-state index contributed by atoms with van der Waals surface area (Å²) < 4.78 is 29.3. The van der Waals surface area contributed by atoms with Gasteiger partial charge in [-0.1, -0.05) is 0 Å². The van der Waals surface area contributed by atoms with Crippen LogP contribution < -0.4 is 21.2 Å². The van der Waals surface area contributed by atoms with Gasteiger partial charge in [-0.3, -0.25) is 0 Å². The second-order valence-corrected chi connectivity index (χ2v) is 36.4. The van der Waals surface area contributed by atoms with E-state index in [4.69, 9.17) is 16.3 Å². The second-order valence-electron chi connectivity index (χ2n) is 15.4. The third-order valence-electron chi connectivity index (χ3n) is 8.88. The zero-order valence-corrected chi connectivity index (χ0v) is 37.8. The molecule has 1 aliphatic heterocycles. The van der Waals surface area contributed by atoms with Crippen LogP contribution in [0.5, 0.6) is 0 Å². The molecule has 0 unspecified atom stereocenters. The van der Waals surface area contributed by atoms with Gasteiger partial charge in [-0.25, -0.2) is 0 Å². The first-order valence-corrected chi connectivity index (χ1v) is 31.6. The summed E-state index contributed by atoms with van der Waals surface area (Å²) >= 11 is -3.39. The Kier molecular flexibility index (Phi) is 11.3. The molecule has 0 radical (unpaired) electrons. The van der Waals surface area contributed by atoms with E-state index in [1.807, 2.05) is 0 Å². The molecule has 4 nitrogen and oxygen atoms in total. The van der Waals surface area contributed by atoms with Crippen molar-refractivity contribution in [1.29, 1.82) is 0 Å². The fourth-order valence-electron chi connectivity index (χ4n) is 7.01. The predicted molar refractivity (Wildman–Crippen MR) is 242 cm³/mol. The molecule has 0 aliphatic carbocycles. The van der Waals surface area contributed by atoms with E-state index in [2.05, 4.69) is 221 Å². The van der Waals surface area contributed by atoms with Crippen molar-refractivity contribution in [2.45, 2.75) is 39.3 Å². The van der Waals surface area contributed by atoms with Crippen LogP contribution in [0.4, 0.5) is 0 Å². The Bertz CT molecular complexity index is 2140. The van der Waals surface area contributed by atoms with Gasteiger partial charge < -0.3 is 0 Å². The molecule has 1 aliphatic rings. The van der Waals surface area contributed by atoms with Gasteiger partial charge in [0.2, 0.25) is 0 Å². The number of hydrogen-bond acceptors (Lipinski definition) is 4. The Hall–Kier alpha value is -4.03. The minimum absolute atomic E-state index is 0.800. The van der Waals surface area contributed by atoms with E-state index in [0.29, 0.717) is 0 Å². The molecule has 7 rings (SSSR count). The predicted octanol–water partition coefficient (Wildman–Crippen LogP) is 11.1. The molecule has 6 aromatic carbocycles. The Labute approximate surface area is 328 Å². The summed E-state index contributed by atoms with van der Waals surface area (Å²) in [7, 11) is -10.2. The molecular formula is C45H48GeN2O2P2Si2. The van der Waals surface area contributed by atoms with Gasteiger partial charge >= 0.3 is 330 Å². The first kappa shape index (κ1) is 38.2. The zero-order valence-electron chi connectivity index (χ0n) is 31.9. The number of nitrogens with zero attached hydrogens (tertiary/aromatic N) is 2. The van der Waals surface area contributed by atoms with Crippen molar-refractivity contribution < 1.29 is 7.53 Å². The van der Waals surface area contributed by atoms with Gasteiger partial charge in [0.25, 0.3) is 0 Å². The standard InChI is InChI=1S/C45H48GeN2O2P2Si2/c1-53(2,3)47-51(39-29-17-9-18-30-39,40-31-19-10-20-32-40)45(46-49-43(37-25-13-7-14-26-37)44(50-46)38-27-15-8-16-28-38)52(48-54(4,5)6,41-33-21-11-22-34-41)42-35-23-12-24-36-42/h7-36H,1-6H3. The molecule has 0 fully saturated rings. The summed E-state index contributed by atoms with van der Waals surface area (Å²) in [5.41, 5.74) is 2.02. The Morgan fingerprint density at radius 3 is 0.870 bits per heavy atom. The Morgan fingerprint density at radius 1 is 0.389 bits per heavy atom. The average molecular weight is 840 g/mol. The van der Waals surface area contributed by atoms with Crippen molar-refractivity contribution in [3.63, 3.8) is 0 Å². The van der Waals surface area contributed by atoms with Crippen molar-refractivity contribution >= 4 is 81.7 Å². The van der Waals surface area contributed by atoms with Crippen LogP contribution in [0.3, 0.4) is 0 Å². The van der Waals surface area contributed by atoms with Crippen molar-refractivity contribution in [3.8, 4) is 0 Å². The van der Waals surface area contributed by atoms with Crippen molar-refractivity contribution in [1.82, 2.24) is 0 Å². The van der Waals surface area contributed by atoms with E-state index >= 15 is 0 Å².